The molecule has 8 heteroatoms. The van der Waals surface area contributed by atoms with Gasteiger partial charge in [0.2, 0.25) is 0 Å². The monoisotopic (exact) mass is 463 g/mol. The molecule has 0 heterocycles. The SMILES string of the molecule is Cc1ccc(NC(=O)COc2ccc(/C=C(\C#N)C(=O)Nc3ccc(F)cc3)cc2)cc1Cl. The van der Waals surface area contributed by atoms with Gasteiger partial charge in [-0.2, -0.15) is 5.26 Å². The first kappa shape index (κ1) is 23.5. The summed E-state index contributed by atoms with van der Waals surface area (Å²) in [4.78, 5) is 24.4. The second-order valence-corrected chi connectivity index (χ2v) is 7.41. The molecule has 0 saturated heterocycles. The number of nitriles is 1. The quantitative estimate of drug-likeness (QED) is 0.365. The molecule has 3 aromatic carbocycles. The van der Waals surface area contributed by atoms with Crippen LogP contribution in [0.4, 0.5) is 15.8 Å². The molecule has 3 rings (SSSR count). The van der Waals surface area contributed by atoms with Gasteiger partial charge in [-0.15, -0.1) is 0 Å². The molecule has 0 radical (unpaired) electrons. The van der Waals surface area contributed by atoms with Crippen molar-refractivity contribution in [3.8, 4) is 11.8 Å². The van der Waals surface area contributed by atoms with Crippen LogP contribution in [0.2, 0.25) is 5.02 Å². The van der Waals surface area contributed by atoms with Gasteiger partial charge in [-0.25, -0.2) is 4.39 Å². The van der Waals surface area contributed by atoms with Gasteiger partial charge in [0.25, 0.3) is 11.8 Å². The first-order valence-corrected chi connectivity index (χ1v) is 10.2. The number of anilines is 2. The molecule has 3 aromatic rings. The summed E-state index contributed by atoms with van der Waals surface area (Å²) in [7, 11) is 0. The van der Waals surface area contributed by atoms with Crippen LogP contribution in [0.25, 0.3) is 6.08 Å². The van der Waals surface area contributed by atoms with E-state index in [2.05, 4.69) is 10.6 Å². The topological polar surface area (TPSA) is 91.2 Å². The van der Waals surface area contributed by atoms with Gasteiger partial charge in [0.05, 0.1) is 0 Å². The van der Waals surface area contributed by atoms with E-state index in [0.717, 1.165) is 5.56 Å². The van der Waals surface area contributed by atoms with Gasteiger partial charge in [0, 0.05) is 16.4 Å². The number of hydrogen-bond acceptors (Lipinski definition) is 4. The van der Waals surface area contributed by atoms with Gasteiger partial charge in [0.15, 0.2) is 6.61 Å². The van der Waals surface area contributed by atoms with Crippen molar-refractivity contribution in [3.05, 3.63) is 94.3 Å². The van der Waals surface area contributed by atoms with Crippen LogP contribution in [0.15, 0.2) is 72.3 Å². The summed E-state index contributed by atoms with van der Waals surface area (Å²) < 4.78 is 18.5. The highest BCUT2D eigenvalue weighted by Crippen LogP contribution is 2.20. The van der Waals surface area contributed by atoms with E-state index in [1.54, 1.807) is 42.5 Å². The number of nitrogens with zero attached hydrogens (tertiary/aromatic N) is 1. The molecule has 0 spiro atoms. The van der Waals surface area contributed by atoms with Crippen molar-refractivity contribution < 1.29 is 18.7 Å². The average Bonchev–Trinajstić information content (AvgIpc) is 2.80. The fraction of sp³-hybridized carbons (Fsp3) is 0.0800. The number of amides is 2. The molecule has 0 aromatic heterocycles. The normalized spacial score (nSPS) is 10.8. The Labute approximate surface area is 195 Å². The molecule has 2 N–H and O–H groups in total. The van der Waals surface area contributed by atoms with Gasteiger partial charge in [-0.3, -0.25) is 9.59 Å². The molecule has 0 fully saturated rings. The van der Waals surface area contributed by atoms with Crippen LogP contribution < -0.4 is 15.4 Å². The summed E-state index contributed by atoms with van der Waals surface area (Å²) in [5, 5.41) is 15.1. The first-order chi connectivity index (χ1) is 15.8. The number of carbonyl (C=O) groups is 2. The molecule has 0 bridgehead atoms. The molecule has 0 atom stereocenters. The molecule has 0 aliphatic carbocycles. The Balaban J connectivity index is 1.56. The highest BCUT2D eigenvalue weighted by atomic mass is 35.5. The zero-order valence-electron chi connectivity index (χ0n) is 17.6. The minimum absolute atomic E-state index is 0.121. The Bertz CT molecular complexity index is 1230. The molecule has 0 unspecified atom stereocenters. The Morgan fingerprint density at radius 2 is 1.70 bits per heavy atom. The Kier molecular flexibility index (Phi) is 7.79. The molecular formula is C25H19ClFN3O3. The highest BCUT2D eigenvalue weighted by Gasteiger charge is 2.10. The number of ether oxygens (including phenoxy) is 1. The number of hydrogen-bond donors (Lipinski definition) is 2. The number of halogens is 2. The van der Waals surface area contributed by atoms with Crippen molar-refractivity contribution in [1.29, 1.82) is 5.26 Å². The van der Waals surface area contributed by atoms with Gasteiger partial charge in [-0.05, 0) is 72.7 Å². The Morgan fingerprint density at radius 3 is 2.33 bits per heavy atom. The van der Waals surface area contributed by atoms with Gasteiger partial charge < -0.3 is 15.4 Å². The van der Waals surface area contributed by atoms with Crippen molar-refractivity contribution in [1.82, 2.24) is 0 Å². The lowest BCUT2D eigenvalue weighted by atomic mass is 10.1. The van der Waals surface area contributed by atoms with Crippen LogP contribution in [0, 0.1) is 24.1 Å². The van der Waals surface area contributed by atoms with E-state index in [-0.39, 0.29) is 18.1 Å². The van der Waals surface area contributed by atoms with Gasteiger partial charge in [0.1, 0.15) is 23.2 Å². The van der Waals surface area contributed by atoms with Crippen molar-refractivity contribution in [3.63, 3.8) is 0 Å². The zero-order chi connectivity index (χ0) is 23.8. The van der Waals surface area contributed by atoms with Crippen LogP contribution >= 0.6 is 11.6 Å². The maximum Gasteiger partial charge on any atom is 0.266 e. The second kappa shape index (κ2) is 10.9. The molecule has 6 nitrogen and oxygen atoms in total. The maximum absolute atomic E-state index is 13.0. The standard InChI is InChI=1S/C25H19ClFN3O3/c1-16-2-7-21(13-23(16)26)29-24(31)15-33-22-10-3-17(4-11-22)12-18(14-28)25(32)30-20-8-5-19(27)6-9-20/h2-13H,15H2,1H3,(H,29,31)(H,30,32)/b18-12+. The predicted octanol–water partition coefficient (Wildman–Crippen LogP) is 5.35. The van der Waals surface area contributed by atoms with E-state index >= 15 is 0 Å². The van der Waals surface area contributed by atoms with E-state index in [1.165, 1.54) is 30.3 Å². The fourth-order valence-electron chi connectivity index (χ4n) is 2.72. The van der Waals surface area contributed by atoms with Crippen molar-refractivity contribution in [2.75, 3.05) is 17.2 Å². The highest BCUT2D eigenvalue weighted by molar-refractivity contribution is 6.31. The Morgan fingerprint density at radius 1 is 1.03 bits per heavy atom. The number of rotatable bonds is 7. The third kappa shape index (κ3) is 6.92. The zero-order valence-corrected chi connectivity index (χ0v) is 18.3. The summed E-state index contributed by atoms with van der Waals surface area (Å²) in [6.07, 6.45) is 1.41. The third-order valence-corrected chi connectivity index (χ3v) is 4.89. The third-order valence-electron chi connectivity index (χ3n) is 4.48. The molecule has 0 aliphatic heterocycles. The second-order valence-electron chi connectivity index (χ2n) is 7.00. The number of carbonyl (C=O) groups excluding carboxylic acids is 2. The van der Waals surface area contributed by atoms with Crippen LogP contribution in [0.3, 0.4) is 0 Å². The summed E-state index contributed by atoms with van der Waals surface area (Å²) >= 11 is 6.05. The average molecular weight is 464 g/mol. The van der Waals surface area contributed by atoms with Gasteiger partial charge in [-0.1, -0.05) is 29.8 Å². The lowest BCUT2D eigenvalue weighted by Crippen LogP contribution is -2.20. The fourth-order valence-corrected chi connectivity index (χ4v) is 2.90. The number of nitrogens with one attached hydrogen (secondary N) is 2. The number of aryl methyl sites for hydroxylation is 1. The molecule has 2 amide bonds. The Hall–Kier alpha value is -4.15. The van der Waals surface area contributed by atoms with E-state index in [4.69, 9.17) is 16.3 Å². The van der Waals surface area contributed by atoms with Gasteiger partial charge >= 0.3 is 0 Å². The smallest absolute Gasteiger partial charge is 0.266 e. The van der Waals surface area contributed by atoms with E-state index in [1.807, 2.05) is 13.0 Å². The summed E-state index contributed by atoms with van der Waals surface area (Å²) in [6, 6.07) is 18.8. The molecular weight excluding hydrogens is 445 g/mol. The van der Waals surface area contributed by atoms with E-state index in [9.17, 15) is 19.2 Å². The summed E-state index contributed by atoms with van der Waals surface area (Å²) in [5.74, 6) is -0.942. The van der Waals surface area contributed by atoms with Crippen LogP contribution in [0.5, 0.6) is 5.75 Å². The van der Waals surface area contributed by atoms with E-state index < -0.39 is 11.7 Å². The summed E-state index contributed by atoms with van der Waals surface area (Å²) in [5.41, 5.74) is 2.32. The molecule has 166 valence electrons. The lowest BCUT2D eigenvalue weighted by Gasteiger charge is -2.09. The number of benzene rings is 3. The minimum atomic E-state index is -0.614. The van der Waals surface area contributed by atoms with Crippen molar-refractivity contribution in [2.24, 2.45) is 0 Å². The predicted molar refractivity (Wildman–Crippen MR) is 125 cm³/mol. The van der Waals surface area contributed by atoms with Crippen LogP contribution in [0.1, 0.15) is 11.1 Å². The van der Waals surface area contributed by atoms with Crippen LogP contribution in [-0.2, 0) is 9.59 Å². The largest absolute Gasteiger partial charge is 0.484 e. The van der Waals surface area contributed by atoms with Crippen molar-refractivity contribution in [2.45, 2.75) is 6.92 Å². The first-order valence-electron chi connectivity index (χ1n) is 9.81. The minimum Gasteiger partial charge on any atom is -0.484 e. The maximum atomic E-state index is 13.0. The van der Waals surface area contributed by atoms with Crippen molar-refractivity contribution >= 4 is 40.9 Å². The van der Waals surface area contributed by atoms with Crippen LogP contribution in [-0.4, -0.2) is 18.4 Å². The molecule has 0 saturated carbocycles. The van der Waals surface area contributed by atoms with E-state index in [0.29, 0.717) is 27.7 Å². The molecule has 0 aliphatic rings. The summed E-state index contributed by atoms with van der Waals surface area (Å²) in [6.45, 7) is 1.66. The molecule has 33 heavy (non-hydrogen) atoms. The lowest BCUT2D eigenvalue weighted by molar-refractivity contribution is -0.118.